The number of hydrogen-bond acceptors (Lipinski definition) is 3. The van der Waals surface area contributed by atoms with Crippen LogP contribution >= 0.6 is 0 Å². The third kappa shape index (κ3) is 4.01. The summed E-state index contributed by atoms with van der Waals surface area (Å²) in [7, 11) is 0. The Morgan fingerprint density at radius 3 is 2.48 bits per heavy atom. The Labute approximate surface area is 121 Å². The highest BCUT2D eigenvalue weighted by atomic mass is 19.4. The van der Waals surface area contributed by atoms with E-state index in [9.17, 15) is 13.2 Å². The maximum absolute atomic E-state index is 13.0. The van der Waals surface area contributed by atoms with E-state index in [1.165, 1.54) is 12.1 Å². The number of nitrogens with zero attached hydrogens (tertiary/aromatic N) is 2. The van der Waals surface area contributed by atoms with Gasteiger partial charge in [-0.05, 0) is 25.5 Å². The van der Waals surface area contributed by atoms with Crippen LogP contribution in [0.4, 0.5) is 13.2 Å². The van der Waals surface area contributed by atoms with Crippen LogP contribution in [-0.4, -0.2) is 9.97 Å². The van der Waals surface area contributed by atoms with Gasteiger partial charge in [0.1, 0.15) is 0 Å². The van der Waals surface area contributed by atoms with Crippen molar-refractivity contribution >= 4 is 0 Å². The van der Waals surface area contributed by atoms with Crippen LogP contribution in [0.5, 0.6) is 0 Å². The molecule has 0 bridgehead atoms. The Morgan fingerprint density at radius 2 is 1.86 bits per heavy atom. The van der Waals surface area contributed by atoms with Gasteiger partial charge >= 0.3 is 6.18 Å². The highest BCUT2D eigenvalue weighted by molar-refractivity contribution is 5.32. The molecule has 1 unspecified atom stereocenters. The molecule has 0 aliphatic heterocycles. The van der Waals surface area contributed by atoms with Crippen LogP contribution in [0.1, 0.15) is 35.5 Å². The molecule has 1 atom stereocenters. The van der Waals surface area contributed by atoms with Crippen LogP contribution in [0.25, 0.3) is 0 Å². The number of nitrogens with one attached hydrogen (secondary N) is 1. The summed E-state index contributed by atoms with van der Waals surface area (Å²) >= 11 is 0. The molecule has 0 radical (unpaired) electrons. The van der Waals surface area contributed by atoms with Crippen LogP contribution in [0, 0.1) is 6.92 Å². The highest BCUT2D eigenvalue weighted by Gasteiger charge is 2.33. The van der Waals surface area contributed by atoms with E-state index >= 15 is 0 Å². The van der Waals surface area contributed by atoms with Crippen LogP contribution in [-0.2, 0) is 12.7 Å². The number of hydrogen-bond donors (Lipinski definition) is 1. The lowest BCUT2D eigenvalue weighted by atomic mass is 10.0. The monoisotopic (exact) mass is 295 g/mol. The minimum Gasteiger partial charge on any atom is -0.304 e. The number of aromatic nitrogens is 2. The molecule has 1 aromatic carbocycles. The molecule has 112 valence electrons. The van der Waals surface area contributed by atoms with Crippen molar-refractivity contribution in [1.82, 2.24) is 15.3 Å². The molecule has 0 saturated carbocycles. The van der Waals surface area contributed by atoms with Crippen molar-refractivity contribution in [3.05, 3.63) is 59.2 Å². The first-order valence-corrected chi connectivity index (χ1v) is 6.55. The molecule has 21 heavy (non-hydrogen) atoms. The van der Waals surface area contributed by atoms with Crippen molar-refractivity contribution in [2.45, 2.75) is 32.6 Å². The Hall–Kier alpha value is -1.95. The number of rotatable bonds is 4. The summed E-state index contributed by atoms with van der Waals surface area (Å²) in [4.78, 5) is 8.27. The molecule has 3 nitrogen and oxygen atoms in total. The second-order valence-corrected chi connectivity index (χ2v) is 4.84. The summed E-state index contributed by atoms with van der Waals surface area (Å²) in [5.41, 5.74) is 1.11. The lowest BCUT2D eigenvalue weighted by Gasteiger charge is -2.19. The van der Waals surface area contributed by atoms with Crippen LogP contribution in [0.2, 0.25) is 0 Å². The molecule has 0 spiro atoms. The summed E-state index contributed by atoms with van der Waals surface area (Å²) in [6.45, 7) is 3.89. The van der Waals surface area contributed by atoms with Crippen molar-refractivity contribution in [3.63, 3.8) is 0 Å². The minimum absolute atomic E-state index is 0.227. The van der Waals surface area contributed by atoms with E-state index in [1.54, 1.807) is 25.4 Å². The lowest BCUT2D eigenvalue weighted by molar-refractivity contribution is -0.138. The summed E-state index contributed by atoms with van der Waals surface area (Å²) in [6, 6.07) is 5.14. The topological polar surface area (TPSA) is 37.8 Å². The van der Waals surface area contributed by atoms with Gasteiger partial charge in [0.25, 0.3) is 0 Å². The first-order chi connectivity index (χ1) is 9.88. The smallest absolute Gasteiger partial charge is 0.304 e. The Morgan fingerprint density at radius 1 is 1.14 bits per heavy atom. The molecule has 0 saturated heterocycles. The number of benzene rings is 1. The van der Waals surface area contributed by atoms with E-state index in [0.29, 0.717) is 12.2 Å². The molecule has 1 N–H and O–H groups in total. The first kappa shape index (κ1) is 15.4. The first-order valence-electron chi connectivity index (χ1n) is 6.55. The van der Waals surface area contributed by atoms with Gasteiger partial charge in [-0.25, -0.2) is 0 Å². The maximum Gasteiger partial charge on any atom is 0.416 e. The molecule has 0 aliphatic rings. The van der Waals surface area contributed by atoms with Crippen molar-refractivity contribution in [2.24, 2.45) is 0 Å². The molecule has 0 amide bonds. The van der Waals surface area contributed by atoms with E-state index in [1.807, 2.05) is 6.92 Å². The fourth-order valence-electron chi connectivity index (χ4n) is 2.01. The minimum atomic E-state index is -4.35. The second kappa shape index (κ2) is 6.22. The molecule has 1 aromatic heterocycles. The average molecular weight is 295 g/mol. The lowest BCUT2D eigenvalue weighted by Crippen LogP contribution is -2.22. The molecule has 2 aromatic rings. The van der Waals surface area contributed by atoms with Gasteiger partial charge in [0.2, 0.25) is 0 Å². The van der Waals surface area contributed by atoms with E-state index in [0.717, 1.165) is 11.8 Å². The van der Waals surface area contributed by atoms with Gasteiger partial charge in [-0.15, -0.1) is 0 Å². The van der Waals surface area contributed by atoms with Gasteiger partial charge in [-0.1, -0.05) is 18.2 Å². The number of alkyl halides is 3. The van der Waals surface area contributed by atoms with Gasteiger partial charge < -0.3 is 5.32 Å². The number of aryl methyl sites for hydroxylation is 1. The van der Waals surface area contributed by atoms with Crippen LogP contribution < -0.4 is 5.32 Å². The van der Waals surface area contributed by atoms with Gasteiger partial charge in [-0.2, -0.15) is 13.2 Å². The van der Waals surface area contributed by atoms with E-state index < -0.39 is 17.8 Å². The van der Waals surface area contributed by atoms with Crippen molar-refractivity contribution in [2.75, 3.05) is 0 Å². The summed E-state index contributed by atoms with van der Waals surface area (Å²) < 4.78 is 38.9. The maximum atomic E-state index is 13.0. The Bertz CT molecular complexity index is 594. The summed E-state index contributed by atoms with van der Waals surface area (Å²) in [5.74, 6) is 0. The van der Waals surface area contributed by atoms with Gasteiger partial charge in [0.15, 0.2) is 0 Å². The van der Waals surface area contributed by atoms with E-state index in [4.69, 9.17) is 0 Å². The van der Waals surface area contributed by atoms with Gasteiger partial charge in [-0.3, -0.25) is 9.97 Å². The Balaban J connectivity index is 2.10. The SMILES string of the molecule is Cc1cnc(CNC(C)c2ccccc2C(F)(F)F)cn1. The van der Waals surface area contributed by atoms with Crippen molar-refractivity contribution in [1.29, 1.82) is 0 Å². The molecule has 6 heteroatoms. The molecular formula is C15H16F3N3. The predicted molar refractivity (Wildman–Crippen MR) is 73.5 cm³/mol. The molecule has 1 heterocycles. The van der Waals surface area contributed by atoms with Gasteiger partial charge in [0, 0.05) is 25.0 Å². The van der Waals surface area contributed by atoms with Gasteiger partial charge in [0.05, 0.1) is 17.0 Å². The zero-order valence-corrected chi connectivity index (χ0v) is 11.8. The molecular weight excluding hydrogens is 279 g/mol. The Kier molecular flexibility index (Phi) is 4.57. The zero-order valence-electron chi connectivity index (χ0n) is 11.8. The summed E-state index contributed by atoms with van der Waals surface area (Å²) in [5, 5.41) is 3.04. The third-order valence-corrected chi connectivity index (χ3v) is 3.16. The number of halogens is 3. The van der Waals surface area contributed by atoms with E-state index in [-0.39, 0.29) is 5.56 Å². The highest BCUT2D eigenvalue weighted by Crippen LogP contribution is 2.34. The second-order valence-electron chi connectivity index (χ2n) is 4.84. The third-order valence-electron chi connectivity index (χ3n) is 3.16. The fourth-order valence-corrected chi connectivity index (χ4v) is 2.01. The van der Waals surface area contributed by atoms with Crippen LogP contribution in [0.15, 0.2) is 36.7 Å². The molecule has 0 aliphatic carbocycles. The standard InChI is InChI=1S/C15H16F3N3/c1-10-7-21-12(8-19-10)9-20-11(2)13-5-3-4-6-14(13)15(16,17)18/h3-8,11,20H,9H2,1-2H3. The summed E-state index contributed by atoms with van der Waals surface area (Å²) in [6.07, 6.45) is -1.10. The van der Waals surface area contributed by atoms with Crippen molar-refractivity contribution in [3.8, 4) is 0 Å². The predicted octanol–water partition coefficient (Wildman–Crippen LogP) is 3.65. The average Bonchev–Trinajstić information content (AvgIpc) is 2.45. The normalized spacial score (nSPS) is 13.2. The molecule has 2 rings (SSSR count). The largest absolute Gasteiger partial charge is 0.416 e. The fraction of sp³-hybridized carbons (Fsp3) is 0.333. The van der Waals surface area contributed by atoms with Crippen LogP contribution in [0.3, 0.4) is 0 Å². The van der Waals surface area contributed by atoms with Crippen molar-refractivity contribution < 1.29 is 13.2 Å². The van der Waals surface area contributed by atoms with E-state index in [2.05, 4.69) is 15.3 Å². The molecule has 0 fully saturated rings. The quantitative estimate of drug-likeness (QED) is 0.935. The zero-order chi connectivity index (χ0) is 15.5.